The van der Waals surface area contributed by atoms with Gasteiger partial charge in [0.2, 0.25) is 0 Å². The van der Waals surface area contributed by atoms with Gasteiger partial charge < -0.3 is 0 Å². The number of thiophene rings is 1. The van der Waals surface area contributed by atoms with Crippen LogP contribution in [0.5, 0.6) is 0 Å². The van der Waals surface area contributed by atoms with E-state index in [1.54, 1.807) is 17.5 Å². The molecule has 0 N–H and O–H groups in total. The average Bonchev–Trinajstić information content (AvgIpc) is 2.75. The number of hydrogen-bond donors (Lipinski definition) is 0. The third-order valence-electron chi connectivity index (χ3n) is 2.28. The van der Waals surface area contributed by atoms with Crippen molar-refractivity contribution in [1.29, 1.82) is 0 Å². The van der Waals surface area contributed by atoms with E-state index in [0.717, 1.165) is 21.3 Å². The molecule has 0 aliphatic carbocycles. The van der Waals surface area contributed by atoms with Gasteiger partial charge in [-0.25, -0.2) is 9.97 Å². The first-order chi connectivity index (χ1) is 7.86. The summed E-state index contributed by atoms with van der Waals surface area (Å²) < 4.78 is 0.919. The van der Waals surface area contributed by atoms with Crippen LogP contribution in [0.4, 0.5) is 0 Å². The van der Waals surface area contributed by atoms with Gasteiger partial charge in [0.15, 0.2) is 0 Å². The maximum absolute atomic E-state index is 6.00. The summed E-state index contributed by atoms with van der Waals surface area (Å²) >= 11 is 7.55. The maximum atomic E-state index is 6.00. The van der Waals surface area contributed by atoms with Crippen molar-refractivity contribution in [1.82, 2.24) is 15.0 Å². The molecule has 16 heavy (non-hydrogen) atoms. The number of pyridine rings is 1. The van der Waals surface area contributed by atoms with Gasteiger partial charge in [-0.3, -0.25) is 4.98 Å². The molecule has 0 atom stereocenters. The summed E-state index contributed by atoms with van der Waals surface area (Å²) in [6.07, 6.45) is 5.05. The standard InChI is InChI=1S/C11H6ClN3S/c12-11-10-9(14-6-15-11)8(5-16-10)7-2-1-3-13-4-7/h1-6H. The molecule has 3 aromatic heterocycles. The first-order valence-electron chi connectivity index (χ1n) is 4.64. The molecular weight excluding hydrogens is 242 g/mol. The van der Waals surface area contributed by atoms with Crippen LogP contribution < -0.4 is 0 Å². The fourth-order valence-corrected chi connectivity index (χ4v) is 2.72. The summed E-state index contributed by atoms with van der Waals surface area (Å²) in [6.45, 7) is 0. The maximum Gasteiger partial charge on any atom is 0.150 e. The zero-order chi connectivity index (χ0) is 11.0. The van der Waals surface area contributed by atoms with Crippen LogP contribution in [-0.4, -0.2) is 15.0 Å². The molecule has 0 amide bonds. The predicted molar refractivity (Wildman–Crippen MR) is 65.7 cm³/mol. The molecule has 0 saturated carbocycles. The van der Waals surface area contributed by atoms with Crippen molar-refractivity contribution in [3.8, 4) is 11.1 Å². The second-order valence-corrected chi connectivity index (χ2v) is 4.47. The van der Waals surface area contributed by atoms with Crippen LogP contribution >= 0.6 is 22.9 Å². The average molecular weight is 248 g/mol. The topological polar surface area (TPSA) is 38.7 Å². The van der Waals surface area contributed by atoms with Gasteiger partial charge in [0.1, 0.15) is 11.5 Å². The Morgan fingerprint density at radius 1 is 1.25 bits per heavy atom. The second-order valence-electron chi connectivity index (χ2n) is 3.23. The van der Waals surface area contributed by atoms with Crippen molar-refractivity contribution in [3.63, 3.8) is 0 Å². The summed E-state index contributed by atoms with van der Waals surface area (Å²) in [6, 6.07) is 3.91. The Labute approximate surface area is 101 Å². The number of nitrogens with zero attached hydrogens (tertiary/aromatic N) is 3. The van der Waals surface area contributed by atoms with Crippen LogP contribution in [0.2, 0.25) is 5.15 Å². The van der Waals surface area contributed by atoms with E-state index in [0.29, 0.717) is 5.15 Å². The lowest BCUT2D eigenvalue weighted by molar-refractivity contribution is 1.23. The third kappa shape index (κ3) is 1.47. The summed E-state index contributed by atoms with van der Waals surface area (Å²) in [5.74, 6) is 0. The molecule has 0 bridgehead atoms. The molecule has 0 aromatic carbocycles. The minimum atomic E-state index is 0.505. The van der Waals surface area contributed by atoms with Crippen LogP contribution in [0.25, 0.3) is 21.3 Å². The summed E-state index contributed by atoms with van der Waals surface area (Å²) in [4.78, 5) is 12.3. The predicted octanol–water partition coefficient (Wildman–Crippen LogP) is 3.41. The van der Waals surface area contributed by atoms with Crippen molar-refractivity contribution in [3.05, 3.63) is 41.4 Å². The van der Waals surface area contributed by atoms with Gasteiger partial charge in [-0.1, -0.05) is 17.7 Å². The monoisotopic (exact) mass is 247 g/mol. The zero-order valence-corrected chi connectivity index (χ0v) is 9.66. The molecule has 0 aliphatic rings. The molecule has 0 unspecified atom stereocenters. The number of aromatic nitrogens is 3. The molecule has 0 spiro atoms. The van der Waals surface area contributed by atoms with E-state index in [-0.39, 0.29) is 0 Å². The largest absolute Gasteiger partial charge is 0.264 e. The zero-order valence-electron chi connectivity index (χ0n) is 8.09. The quantitative estimate of drug-likeness (QED) is 0.619. The van der Waals surface area contributed by atoms with Gasteiger partial charge in [-0.05, 0) is 6.07 Å². The van der Waals surface area contributed by atoms with E-state index in [2.05, 4.69) is 15.0 Å². The van der Waals surface area contributed by atoms with Gasteiger partial charge >= 0.3 is 0 Å². The van der Waals surface area contributed by atoms with E-state index in [1.807, 2.05) is 23.7 Å². The highest BCUT2D eigenvalue weighted by Crippen LogP contribution is 2.34. The van der Waals surface area contributed by atoms with Crippen molar-refractivity contribution < 1.29 is 0 Å². The van der Waals surface area contributed by atoms with Gasteiger partial charge in [0.25, 0.3) is 0 Å². The third-order valence-corrected chi connectivity index (χ3v) is 3.66. The number of hydrogen-bond acceptors (Lipinski definition) is 4. The van der Waals surface area contributed by atoms with Gasteiger partial charge in [0.05, 0.1) is 10.2 Å². The molecule has 3 nitrogen and oxygen atoms in total. The van der Waals surface area contributed by atoms with Crippen LogP contribution in [0.15, 0.2) is 36.2 Å². The van der Waals surface area contributed by atoms with Crippen molar-refractivity contribution in [2.75, 3.05) is 0 Å². The summed E-state index contributed by atoms with van der Waals surface area (Å²) in [7, 11) is 0. The van der Waals surface area contributed by atoms with E-state index < -0.39 is 0 Å². The molecule has 3 rings (SSSR count). The number of halogens is 1. The van der Waals surface area contributed by atoms with Gasteiger partial charge in [-0.15, -0.1) is 11.3 Å². The Hall–Kier alpha value is -1.52. The molecule has 0 fully saturated rings. The minimum absolute atomic E-state index is 0.505. The highest BCUT2D eigenvalue weighted by Gasteiger charge is 2.10. The lowest BCUT2D eigenvalue weighted by Gasteiger charge is -1.97. The Morgan fingerprint density at radius 3 is 3.00 bits per heavy atom. The lowest BCUT2D eigenvalue weighted by atomic mass is 10.1. The molecule has 3 heterocycles. The Morgan fingerprint density at radius 2 is 2.19 bits per heavy atom. The van der Waals surface area contributed by atoms with E-state index in [9.17, 15) is 0 Å². The van der Waals surface area contributed by atoms with Crippen LogP contribution in [0, 0.1) is 0 Å². The lowest BCUT2D eigenvalue weighted by Crippen LogP contribution is -1.82. The van der Waals surface area contributed by atoms with Crippen LogP contribution in [-0.2, 0) is 0 Å². The van der Waals surface area contributed by atoms with Crippen molar-refractivity contribution >= 4 is 33.2 Å². The fraction of sp³-hybridized carbons (Fsp3) is 0. The molecular formula is C11H6ClN3S. The Kier molecular flexibility index (Phi) is 2.31. The molecule has 0 radical (unpaired) electrons. The number of fused-ring (bicyclic) bond motifs is 1. The molecule has 78 valence electrons. The molecule has 0 aliphatic heterocycles. The van der Waals surface area contributed by atoms with Gasteiger partial charge in [0, 0.05) is 28.9 Å². The van der Waals surface area contributed by atoms with Crippen molar-refractivity contribution in [2.45, 2.75) is 0 Å². The molecule has 5 heteroatoms. The van der Waals surface area contributed by atoms with E-state index in [4.69, 9.17) is 11.6 Å². The van der Waals surface area contributed by atoms with Gasteiger partial charge in [-0.2, -0.15) is 0 Å². The molecule has 3 aromatic rings. The minimum Gasteiger partial charge on any atom is -0.264 e. The highest BCUT2D eigenvalue weighted by atomic mass is 35.5. The fourth-order valence-electron chi connectivity index (χ4n) is 1.55. The Bertz CT molecular complexity index is 636. The first kappa shape index (κ1) is 9.69. The second kappa shape index (κ2) is 3.81. The van der Waals surface area contributed by atoms with E-state index in [1.165, 1.54) is 6.33 Å². The SMILES string of the molecule is Clc1ncnc2c(-c3cccnc3)csc12. The normalized spacial score (nSPS) is 10.8. The summed E-state index contributed by atoms with van der Waals surface area (Å²) in [5.41, 5.74) is 2.99. The van der Waals surface area contributed by atoms with Crippen LogP contribution in [0.3, 0.4) is 0 Å². The highest BCUT2D eigenvalue weighted by molar-refractivity contribution is 7.18. The Balaban J connectivity index is 2.30. The first-order valence-corrected chi connectivity index (χ1v) is 5.90. The smallest absolute Gasteiger partial charge is 0.150 e. The molecule has 0 saturated heterocycles. The number of rotatable bonds is 1. The van der Waals surface area contributed by atoms with Crippen molar-refractivity contribution in [2.24, 2.45) is 0 Å². The summed E-state index contributed by atoms with van der Waals surface area (Å²) in [5, 5.41) is 2.53. The van der Waals surface area contributed by atoms with E-state index >= 15 is 0 Å². The van der Waals surface area contributed by atoms with Crippen LogP contribution in [0.1, 0.15) is 0 Å².